The molecule has 0 saturated heterocycles. The van der Waals surface area contributed by atoms with Gasteiger partial charge in [0, 0.05) is 6.54 Å². The molecule has 96 valence electrons. The van der Waals surface area contributed by atoms with Gasteiger partial charge in [0.2, 0.25) is 5.91 Å². The van der Waals surface area contributed by atoms with Crippen molar-refractivity contribution in [1.82, 2.24) is 5.32 Å². The summed E-state index contributed by atoms with van der Waals surface area (Å²) in [5, 5.41) is 3.14. The van der Waals surface area contributed by atoms with E-state index in [0.717, 1.165) is 18.9 Å². The molecule has 0 radical (unpaired) electrons. The van der Waals surface area contributed by atoms with Gasteiger partial charge in [-0.2, -0.15) is 0 Å². The van der Waals surface area contributed by atoms with Crippen molar-refractivity contribution in [2.24, 2.45) is 17.4 Å². The highest BCUT2D eigenvalue weighted by molar-refractivity contribution is 5.79. The Morgan fingerprint density at radius 2 is 1.81 bits per heavy atom. The third-order valence-electron chi connectivity index (χ3n) is 2.61. The number of nitrogens with one attached hydrogen (secondary N) is 1. The first kappa shape index (κ1) is 15.4. The molecule has 0 aliphatic carbocycles. The van der Waals surface area contributed by atoms with Crippen LogP contribution in [0.4, 0.5) is 0 Å². The molecule has 0 bridgehead atoms. The zero-order valence-corrected chi connectivity index (χ0v) is 10.7. The second kappa shape index (κ2) is 9.60. The minimum atomic E-state index is -0.555. The first-order chi connectivity index (χ1) is 7.54. The molecule has 0 aromatic carbocycles. The summed E-state index contributed by atoms with van der Waals surface area (Å²) < 4.78 is 0. The number of hydrogen-bond acceptors (Lipinski definition) is 3. The Bertz CT molecular complexity index is 183. The Hall–Kier alpha value is -0.610. The maximum Gasteiger partial charge on any atom is 0.235 e. The topological polar surface area (TPSA) is 81.1 Å². The molecular weight excluding hydrogens is 202 g/mol. The van der Waals surface area contributed by atoms with Gasteiger partial charge < -0.3 is 16.8 Å². The predicted octanol–water partition coefficient (Wildman–Crippen LogP) is 0.995. The number of hydrogen-bond donors (Lipinski definition) is 3. The predicted molar refractivity (Wildman–Crippen MR) is 68.0 cm³/mol. The molecule has 0 aromatic rings. The number of nitrogens with two attached hydrogens (primary N) is 2. The highest BCUT2D eigenvalue weighted by Crippen LogP contribution is 2.08. The van der Waals surface area contributed by atoms with Gasteiger partial charge in [0.1, 0.15) is 0 Å². The zero-order chi connectivity index (χ0) is 12.4. The highest BCUT2D eigenvalue weighted by atomic mass is 16.1. The summed E-state index contributed by atoms with van der Waals surface area (Å²) in [5.41, 5.74) is 10.5. The Morgan fingerprint density at radius 3 is 2.38 bits per heavy atom. The first-order valence-electron chi connectivity index (χ1n) is 6.29. The Balaban J connectivity index is 3.13. The van der Waals surface area contributed by atoms with Gasteiger partial charge in [-0.1, -0.05) is 39.5 Å². The quantitative estimate of drug-likeness (QED) is 0.489. The molecule has 4 nitrogen and oxygen atoms in total. The van der Waals surface area contributed by atoms with Crippen molar-refractivity contribution in [2.45, 2.75) is 52.0 Å². The smallest absolute Gasteiger partial charge is 0.235 e. The Kier molecular flexibility index (Phi) is 9.24. The Morgan fingerprint density at radius 1 is 1.19 bits per heavy atom. The van der Waals surface area contributed by atoms with Crippen LogP contribution in [0.1, 0.15) is 46.0 Å². The van der Waals surface area contributed by atoms with E-state index in [2.05, 4.69) is 19.2 Å². The number of carbonyl (C=O) groups excluding carboxylic acids is 1. The van der Waals surface area contributed by atoms with Crippen LogP contribution in [0.15, 0.2) is 0 Å². The fraction of sp³-hybridized carbons (Fsp3) is 0.917. The standard InChI is InChI=1S/C12H27N3O/c1-10(2)7-5-3-4-6-8-15-9-11(13)12(14)16/h10-11,15H,3-9,13H2,1-2H3,(H2,14,16). The average molecular weight is 229 g/mol. The number of unbranched alkanes of at least 4 members (excludes halogenated alkanes) is 3. The van der Waals surface area contributed by atoms with Gasteiger partial charge >= 0.3 is 0 Å². The SMILES string of the molecule is CC(C)CCCCCCNCC(N)C(N)=O. The van der Waals surface area contributed by atoms with E-state index >= 15 is 0 Å². The van der Waals surface area contributed by atoms with Crippen LogP contribution in [-0.4, -0.2) is 25.0 Å². The number of amides is 1. The van der Waals surface area contributed by atoms with Crippen LogP contribution in [0.2, 0.25) is 0 Å². The van der Waals surface area contributed by atoms with E-state index in [1.54, 1.807) is 0 Å². The monoisotopic (exact) mass is 229 g/mol. The van der Waals surface area contributed by atoms with Gasteiger partial charge in [-0.3, -0.25) is 4.79 Å². The van der Waals surface area contributed by atoms with E-state index < -0.39 is 11.9 Å². The van der Waals surface area contributed by atoms with E-state index in [9.17, 15) is 4.79 Å². The van der Waals surface area contributed by atoms with Crippen LogP contribution in [0.5, 0.6) is 0 Å². The molecule has 0 aliphatic rings. The Labute approximate surface area is 99.1 Å². The van der Waals surface area contributed by atoms with E-state index in [-0.39, 0.29) is 0 Å². The number of rotatable bonds is 10. The lowest BCUT2D eigenvalue weighted by atomic mass is 10.0. The van der Waals surface area contributed by atoms with E-state index in [0.29, 0.717) is 6.54 Å². The van der Waals surface area contributed by atoms with Crippen molar-refractivity contribution < 1.29 is 4.79 Å². The normalized spacial score (nSPS) is 13.0. The minimum Gasteiger partial charge on any atom is -0.368 e. The van der Waals surface area contributed by atoms with Gasteiger partial charge in [0.25, 0.3) is 0 Å². The number of carbonyl (C=O) groups is 1. The van der Waals surface area contributed by atoms with Gasteiger partial charge in [0.05, 0.1) is 6.04 Å². The largest absolute Gasteiger partial charge is 0.368 e. The van der Waals surface area contributed by atoms with Crippen LogP contribution < -0.4 is 16.8 Å². The molecule has 1 unspecified atom stereocenters. The van der Waals surface area contributed by atoms with Crippen LogP contribution in [0.25, 0.3) is 0 Å². The fourth-order valence-electron chi connectivity index (χ4n) is 1.51. The van der Waals surface area contributed by atoms with Crippen LogP contribution >= 0.6 is 0 Å². The minimum absolute atomic E-state index is 0.440. The van der Waals surface area contributed by atoms with E-state index in [1.807, 2.05) is 0 Å². The summed E-state index contributed by atoms with van der Waals surface area (Å²) in [6, 6.07) is -0.555. The van der Waals surface area contributed by atoms with Crippen molar-refractivity contribution in [2.75, 3.05) is 13.1 Å². The first-order valence-corrected chi connectivity index (χ1v) is 6.29. The molecule has 0 spiro atoms. The zero-order valence-electron chi connectivity index (χ0n) is 10.7. The summed E-state index contributed by atoms with van der Waals surface area (Å²) in [6.45, 7) is 5.92. The maximum atomic E-state index is 10.6. The lowest BCUT2D eigenvalue weighted by Gasteiger charge is -2.09. The van der Waals surface area contributed by atoms with Gasteiger partial charge in [-0.15, -0.1) is 0 Å². The van der Waals surface area contributed by atoms with Gasteiger partial charge in [-0.05, 0) is 18.9 Å². The molecule has 0 aliphatic heterocycles. The summed E-state index contributed by atoms with van der Waals surface area (Å²) in [4.78, 5) is 10.6. The van der Waals surface area contributed by atoms with Crippen molar-refractivity contribution >= 4 is 5.91 Å². The number of primary amides is 1. The summed E-state index contributed by atoms with van der Waals surface area (Å²) in [6.07, 6.45) is 6.31. The average Bonchev–Trinajstić information content (AvgIpc) is 2.21. The molecule has 16 heavy (non-hydrogen) atoms. The lowest BCUT2D eigenvalue weighted by molar-refractivity contribution is -0.119. The van der Waals surface area contributed by atoms with E-state index in [1.165, 1.54) is 25.7 Å². The molecule has 4 heteroatoms. The second-order valence-corrected chi connectivity index (χ2v) is 4.81. The molecule has 0 heterocycles. The lowest BCUT2D eigenvalue weighted by Crippen LogP contribution is -2.44. The maximum absolute atomic E-state index is 10.6. The third kappa shape index (κ3) is 9.93. The fourth-order valence-corrected chi connectivity index (χ4v) is 1.51. The van der Waals surface area contributed by atoms with Crippen molar-refractivity contribution in [3.63, 3.8) is 0 Å². The molecule has 1 atom stereocenters. The van der Waals surface area contributed by atoms with Crippen LogP contribution in [-0.2, 0) is 4.79 Å². The van der Waals surface area contributed by atoms with Crippen molar-refractivity contribution in [3.05, 3.63) is 0 Å². The summed E-state index contributed by atoms with van der Waals surface area (Å²) in [5.74, 6) is 0.371. The molecule has 0 aromatic heterocycles. The molecule has 0 rings (SSSR count). The molecule has 1 amide bonds. The van der Waals surface area contributed by atoms with Crippen molar-refractivity contribution in [1.29, 1.82) is 0 Å². The third-order valence-corrected chi connectivity index (χ3v) is 2.61. The molecule has 0 fully saturated rings. The van der Waals surface area contributed by atoms with Crippen molar-refractivity contribution in [3.8, 4) is 0 Å². The summed E-state index contributed by atoms with van der Waals surface area (Å²) >= 11 is 0. The molecule has 5 N–H and O–H groups in total. The summed E-state index contributed by atoms with van der Waals surface area (Å²) in [7, 11) is 0. The molecular formula is C12H27N3O. The highest BCUT2D eigenvalue weighted by Gasteiger charge is 2.06. The molecule has 0 saturated carbocycles. The second-order valence-electron chi connectivity index (χ2n) is 4.81. The van der Waals surface area contributed by atoms with Crippen LogP contribution in [0.3, 0.4) is 0 Å². The van der Waals surface area contributed by atoms with Gasteiger partial charge in [0.15, 0.2) is 0 Å². The van der Waals surface area contributed by atoms with Gasteiger partial charge in [-0.25, -0.2) is 0 Å². The van der Waals surface area contributed by atoms with E-state index in [4.69, 9.17) is 11.5 Å². The van der Waals surface area contributed by atoms with Crippen LogP contribution in [0, 0.1) is 5.92 Å².